The summed E-state index contributed by atoms with van der Waals surface area (Å²) in [6.07, 6.45) is 1.89. The molecule has 1 nitrogen and oxygen atoms in total. The molecular formula is C9H7FIN. The topological polar surface area (TPSA) is 15.8 Å². The fraction of sp³-hybridized carbons (Fsp3) is 0.111. The number of hydrogen-bond donors (Lipinski definition) is 1. The van der Waals surface area contributed by atoms with Crippen LogP contribution in [-0.4, -0.2) is 4.98 Å². The standard InChI is InChI=1S/C9H7FIN/c1-5-2-6(10)3-7-8(11)4-12-9(5)7/h2-4,12H,1H3. The number of H-pyrrole nitrogens is 1. The molecule has 2 rings (SSSR count). The second kappa shape index (κ2) is 2.73. The van der Waals surface area contributed by atoms with Crippen LogP contribution in [0.4, 0.5) is 4.39 Å². The van der Waals surface area contributed by atoms with Crippen LogP contribution in [0.25, 0.3) is 10.9 Å². The minimum absolute atomic E-state index is 0.169. The maximum absolute atomic E-state index is 12.9. The Hall–Kier alpha value is -0.580. The molecule has 0 unspecified atom stereocenters. The highest BCUT2D eigenvalue weighted by Gasteiger charge is 2.04. The van der Waals surface area contributed by atoms with E-state index in [9.17, 15) is 4.39 Å². The van der Waals surface area contributed by atoms with E-state index in [1.54, 1.807) is 6.07 Å². The first-order valence-corrected chi connectivity index (χ1v) is 4.69. The van der Waals surface area contributed by atoms with Gasteiger partial charge in [0.2, 0.25) is 0 Å². The van der Waals surface area contributed by atoms with Gasteiger partial charge in [-0.2, -0.15) is 0 Å². The number of aromatic nitrogens is 1. The molecule has 0 amide bonds. The molecule has 2 aromatic rings. The molecule has 0 saturated carbocycles. The molecule has 1 heterocycles. The van der Waals surface area contributed by atoms with Crippen molar-refractivity contribution in [3.63, 3.8) is 0 Å². The van der Waals surface area contributed by atoms with Crippen molar-refractivity contribution < 1.29 is 4.39 Å². The normalized spacial score (nSPS) is 10.9. The molecule has 62 valence electrons. The third kappa shape index (κ3) is 1.12. The van der Waals surface area contributed by atoms with Crippen molar-refractivity contribution in [2.24, 2.45) is 0 Å². The number of nitrogens with one attached hydrogen (secondary N) is 1. The smallest absolute Gasteiger partial charge is 0.124 e. The van der Waals surface area contributed by atoms with Gasteiger partial charge in [-0.15, -0.1) is 0 Å². The summed E-state index contributed by atoms with van der Waals surface area (Å²) >= 11 is 2.19. The number of fused-ring (bicyclic) bond motifs is 1. The summed E-state index contributed by atoms with van der Waals surface area (Å²) in [5, 5.41) is 0.966. The van der Waals surface area contributed by atoms with E-state index in [2.05, 4.69) is 27.6 Å². The largest absolute Gasteiger partial charge is 0.360 e. The van der Waals surface area contributed by atoms with Crippen LogP contribution in [0.2, 0.25) is 0 Å². The van der Waals surface area contributed by atoms with Gasteiger partial charge in [-0.25, -0.2) is 4.39 Å². The van der Waals surface area contributed by atoms with E-state index in [4.69, 9.17) is 0 Å². The van der Waals surface area contributed by atoms with E-state index in [1.165, 1.54) is 6.07 Å². The monoisotopic (exact) mass is 275 g/mol. The quantitative estimate of drug-likeness (QED) is 0.710. The first kappa shape index (κ1) is 8.04. The highest BCUT2D eigenvalue weighted by Crippen LogP contribution is 2.23. The molecule has 0 aliphatic heterocycles. The average Bonchev–Trinajstić information content (AvgIpc) is 2.33. The zero-order valence-electron chi connectivity index (χ0n) is 6.49. The minimum atomic E-state index is -0.169. The summed E-state index contributed by atoms with van der Waals surface area (Å²) < 4.78 is 14.0. The van der Waals surface area contributed by atoms with Gasteiger partial charge in [-0.1, -0.05) is 0 Å². The van der Waals surface area contributed by atoms with Crippen molar-refractivity contribution in [1.82, 2.24) is 4.98 Å². The maximum atomic E-state index is 12.9. The van der Waals surface area contributed by atoms with E-state index >= 15 is 0 Å². The Labute approximate surface area is 83.1 Å². The van der Waals surface area contributed by atoms with Crippen LogP contribution in [0.5, 0.6) is 0 Å². The molecule has 0 bridgehead atoms. The van der Waals surface area contributed by atoms with Crippen LogP contribution >= 0.6 is 22.6 Å². The van der Waals surface area contributed by atoms with Crippen LogP contribution in [0.3, 0.4) is 0 Å². The summed E-state index contributed by atoms with van der Waals surface area (Å²) in [6.45, 7) is 1.90. The molecule has 0 aliphatic carbocycles. The lowest BCUT2D eigenvalue weighted by Crippen LogP contribution is -1.80. The number of aromatic amines is 1. The van der Waals surface area contributed by atoms with Crippen molar-refractivity contribution in [1.29, 1.82) is 0 Å². The maximum Gasteiger partial charge on any atom is 0.124 e. The lowest BCUT2D eigenvalue weighted by atomic mass is 10.2. The number of aryl methyl sites for hydroxylation is 1. The zero-order valence-corrected chi connectivity index (χ0v) is 8.65. The molecule has 0 radical (unpaired) electrons. The second-order valence-corrected chi connectivity index (χ2v) is 3.94. The van der Waals surface area contributed by atoms with Gasteiger partial charge in [-0.05, 0) is 47.2 Å². The van der Waals surface area contributed by atoms with Crippen molar-refractivity contribution in [2.45, 2.75) is 6.92 Å². The van der Waals surface area contributed by atoms with Gasteiger partial charge in [0.05, 0.1) is 0 Å². The Morgan fingerprint density at radius 2 is 2.17 bits per heavy atom. The molecule has 3 heteroatoms. The molecule has 1 aromatic heterocycles. The highest BCUT2D eigenvalue weighted by molar-refractivity contribution is 14.1. The fourth-order valence-corrected chi connectivity index (χ4v) is 1.92. The molecule has 0 fully saturated rings. The Morgan fingerprint density at radius 1 is 1.42 bits per heavy atom. The lowest BCUT2D eigenvalue weighted by Gasteiger charge is -1.96. The zero-order chi connectivity index (χ0) is 8.72. The Kier molecular flexibility index (Phi) is 1.83. The molecule has 0 spiro atoms. The first-order chi connectivity index (χ1) is 5.68. The van der Waals surface area contributed by atoms with Gasteiger partial charge in [-0.3, -0.25) is 0 Å². The number of benzene rings is 1. The molecular weight excluding hydrogens is 268 g/mol. The summed E-state index contributed by atoms with van der Waals surface area (Å²) in [7, 11) is 0. The van der Waals surface area contributed by atoms with Gasteiger partial charge >= 0.3 is 0 Å². The molecule has 1 N–H and O–H groups in total. The lowest BCUT2D eigenvalue weighted by molar-refractivity contribution is 0.628. The van der Waals surface area contributed by atoms with Crippen LogP contribution in [0.15, 0.2) is 18.3 Å². The number of hydrogen-bond acceptors (Lipinski definition) is 0. The predicted octanol–water partition coefficient (Wildman–Crippen LogP) is 3.22. The van der Waals surface area contributed by atoms with Crippen LogP contribution in [0.1, 0.15) is 5.56 Å². The van der Waals surface area contributed by atoms with Crippen LogP contribution in [0, 0.1) is 16.3 Å². The highest BCUT2D eigenvalue weighted by atomic mass is 127. The van der Waals surface area contributed by atoms with Crippen LogP contribution in [-0.2, 0) is 0 Å². The molecule has 1 aromatic carbocycles. The third-order valence-electron chi connectivity index (χ3n) is 1.90. The van der Waals surface area contributed by atoms with Gasteiger partial charge in [0.15, 0.2) is 0 Å². The number of halogens is 2. The minimum Gasteiger partial charge on any atom is -0.360 e. The Balaban J connectivity index is 2.92. The van der Waals surface area contributed by atoms with E-state index in [-0.39, 0.29) is 5.82 Å². The Bertz CT molecular complexity index is 433. The summed E-state index contributed by atoms with van der Waals surface area (Å²) in [5.41, 5.74) is 1.98. The van der Waals surface area contributed by atoms with E-state index < -0.39 is 0 Å². The van der Waals surface area contributed by atoms with E-state index in [1.807, 2.05) is 13.1 Å². The van der Waals surface area contributed by atoms with Crippen LogP contribution < -0.4 is 0 Å². The van der Waals surface area contributed by atoms with Crippen molar-refractivity contribution in [2.75, 3.05) is 0 Å². The van der Waals surface area contributed by atoms with E-state index in [0.29, 0.717) is 0 Å². The van der Waals surface area contributed by atoms with Gasteiger partial charge < -0.3 is 4.98 Å². The van der Waals surface area contributed by atoms with Crippen molar-refractivity contribution >= 4 is 33.5 Å². The first-order valence-electron chi connectivity index (χ1n) is 3.61. The summed E-state index contributed by atoms with van der Waals surface area (Å²) in [4.78, 5) is 3.11. The fourth-order valence-electron chi connectivity index (χ4n) is 1.34. The average molecular weight is 275 g/mol. The van der Waals surface area contributed by atoms with E-state index in [0.717, 1.165) is 20.0 Å². The SMILES string of the molecule is Cc1cc(F)cc2c(I)c[nH]c12. The van der Waals surface area contributed by atoms with Gasteiger partial charge in [0, 0.05) is 20.7 Å². The van der Waals surface area contributed by atoms with Gasteiger partial charge in [0.1, 0.15) is 5.82 Å². The summed E-state index contributed by atoms with van der Waals surface area (Å²) in [5.74, 6) is -0.169. The van der Waals surface area contributed by atoms with Crippen molar-refractivity contribution in [3.05, 3.63) is 33.3 Å². The molecule has 12 heavy (non-hydrogen) atoms. The Morgan fingerprint density at radius 3 is 2.92 bits per heavy atom. The summed E-state index contributed by atoms with van der Waals surface area (Å²) in [6, 6.07) is 3.09. The second-order valence-electron chi connectivity index (χ2n) is 2.78. The van der Waals surface area contributed by atoms with Gasteiger partial charge in [0.25, 0.3) is 0 Å². The number of rotatable bonds is 0. The molecule has 0 atom stereocenters. The predicted molar refractivity (Wildman–Crippen MR) is 55.7 cm³/mol. The third-order valence-corrected chi connectivity index (χ3v) is 2.79. The molecule has 0 aliphatic rings. The molecule has 0 saturated heterocycles. The van der Waals surface area contributed by atoms with Crippen molar-refractivity contribution in [3.8, 4) is 0 Å².